The van der Waals surface area contributed by atoms with Crippen LogP contribution in [0.4, 0.5) is 4.79 Å². The lowest BCUT2D eigenvalue weighted by molar-refractivity contribution is 0.249. The van der Waals surface area contributed by atoms with Gasteiger partial charge in [0, 0.05) is 0 Å². The quantitative estimate of drug-likeness (QED) is 0.413. The summed E-state index contributed by atoms with van der Waals surface area (Å²) >= 11 is 0. The van der Waals surface area contributed by atoms with Crippen LogP contribution in [0.1, 0.15) is 44.6 Å². The minimum Gasteiger partial charge on any atom is -0.494 e. The van der Waals surface area contributed by atoms with Gasteiger partial charge in [0.25, 0.3) is 0 Å². The predicted octanol–water partition coefficient (Wildman–Crippen LogP) is 3.04. The van der Waals surface area contributed by atoms with Gasteiger partial charge in [-0.2, -0.15) is 5.10 Å². The van der Waals surface area contributed by atoms with Gasteiger partial charge in [0.05, 0.1) is 12.8 Å². The number of nitrogens with zero attached hydrogens (tertiary/aromatic N) is 1. The van der Waals surface area contributed by atoms with Gasteiger partial charge in [-0.25, -0.2) is 10.2 Å². The highest BCUT2D eigenvalue weighted by atomic mass is 16.5. The van der Waals surface area contributed by atoms with Gasteiger partial charge in [0.15, 0.2) is 0 Å². The number of benzene rings is 1. The van der Waals surface area contributed by atoms with E-state index in [1.807, 2.05) is 24.3 Å². The number of hydrogen-bond acceptors (Lipinski definition) is 3. The minimum atomic E-state index is -0.677. The molecule has 0 spiro atoms. The van der Waals surface area contributed by atoms with Crippen molar-refractivity contribution in [2.45, 2.75) is 39.0 Å². The third-order valence-electron chi connectivity index (χ3n) is 2.79. The number of hydrazone groups is 1. The van der Waals surface area contributed by atoms with Crippen molar-refractivity contribution in [2.24, 2.45) is 10.8 Å². The van der Waals surface area contributed by atoms with Gasteiger partial charge in [-0.1, -0.05) is 32.6 Å². The van der Waals surface area contributed by atoms with E-state index in [9.17, 15) is 4.79 Å². The lowest BCUT2D eigenvalue weighted by atomic mass is 10.2. The summed E-state index contributed by atoms with van der Waals surface area (Å²) < 4.78 is 5.65. The second kappa shape index (κ2) is 9.83. The van der Waals surface area contributed by atoms with Crippen molar-refractivity contribution in [3.8, 4) is 5.75 Å². The first-order valence-corrected chi connectivity index (χ1v) is 7.03. The van der Waals surface area contributed by atoms with Crippen LogP contribution in [0.3, 0.4) is 0 Å². The smallest absolute Gasteiger partial charge is 0.332 e. The Morgan fingerprint density at radius 3 is 2.60 bits per heavy atom. The highest BCUT2D eigenvalue weighted by Gasteiger charge is 1.95. The number of carbonyl (C=O) groups excluding carboxylic acids is 1. The Hall–Kier alpha value is -2.04. The van der Waals surface area contributed by atoms with Crippen molar-refractivity contribution in [2.75, 3.05) is 6.61 Å². The van der Waals surface area contributed by atoms with Crippen LogP contribution in [0.2, 0.25) is 0 Å². The van der Waals surface area contributed by atoms with Crippen molar-refractivity contribution < 1.29 is 9.53 Å². The number of unbranched alkanes of at least 4 members (excludes halogenated alkanes) is 4. The van der Waals surface area contributed by atoms with Gasteiger partial charge in [-0.15, -0.1) is 0 Å². The van der Waals surface area contributed by atoms with Crippen LogP contribution >= 0.6 is 0 Å². The van der Waals surface area contributed by atoms with E-state index in [0.29, 0.717) is 0 Å². The fourth-order valence-corrected chi connectivity index (χ4v) is 1.72. The molecule has 1 aromatic carbocycles. The number of carbonyl (C=O) groups is 1. The summed E-state index contributed by atoms with van der Waals surface area (Å²) in [6.07, 6.45) is 7.67. The number of amides is 2. The first kappa shape index (κ1) is 16.0. The summed E-state index contributed by atoms with van der Waals surface area (Å²) in [6.45, 7) is 2.96. The molecule has 5 nitrogen and oxygen atoms in total. The average molecular weight is 277 g/mol. The van der Waals surface area contributed by atoms with Crippen LogP contribution in [0.5, 0.6) is 5.75 Å². The Bertz CT molecular complexity index is 416. The molecule has 0 radical (unpaired) electrons. The fraction of sp³-hybridized carbons (Fsp3) is 0.467. The summed E-state index contributed by atoms with van der Waals surface area (Å²) in [5.41, 5.74) is 7.91. The van der Waals surface area contributed by atoms with E-state index in [-0.39, 0.29) is 0 Å². The number of nitrogens with two attached hydrogens (primary N) is 1. The number of primary amides is 1. The molecular formula is C15H23N3O2. The van der Waals surface area contributed by atoms with Gasteiger partial charge in [-0.05, 0) is 36.2 Å². The summed E-state index contributed by atoms with van der Waals surface area (Å²) in [5, 5.41) is 3.68. The zero-order valence-electron chi connectivity index (χ0n) is 12.0. The van der Waals surface area contributed by atoms with Crippen LogP contribution in [0.25, 0.3) is 0 Å². The second-order valence-electron chi connectivity index (χ2n) is 4.57. The normalized spacial score (nSPS) is 10.7. The highest BCUT2D eigenvalue weighted by Crippen LogP contribution is 2.12. The maximum atomic E-state index is 10.4. The van der Waals surface area contributed by atoms with Gasteiger partial charge < -0.3 is 10.5 Å². The Morgan fingerprint density at radius 2 is 1.95 bits per heavy atom. The minimum absolute atomic E-state index is 0.677. The Morgan fingerprint density at radius 1 is 1.25 bits per heavy atom. The lowest BCUT2D eigenvalue weighted by Crippen LogP contribution is -2.24. The van der Waals surface area contributed by atoms with Crippen LogP contribution in [-0.4, -0.2) is 18.9 Å². The first-order valence-electron chi connectivity index (χ1n) is 7.03. The van der Waals surface area contributed by atoms with Crippen molar-refractivity contribution in [3.05, 3.63) is 29.8 Å². The van der Waals surface area contributed by atoms with Gasteiger partial charge in [0.2, 0.25) is 0 Å². The zero-order valence-corrected chi connectivity index (χ0v) is 12.0. The van der Waals surface area contributed by atoms with Gasteiger partial charge in [-0.3, -0.25) is 0 Å². The Kier molecular flexibility index (Phi) is 7.87. The summed E-state index contributed by atoms with van der Waals surface area (Å²) in [4.78, 5) is 10.4. The Balaban J connectivity index is 2.24. The molecule has 110 valence electrons. The van der Waals surface area contributed by atoms with Crippen LogP contribution < -0.4 is 15.9 Å². The molecule has 0 aromatic heterocycles. The zero-order chi connectivity index (χ0) is 14.6. The molecule has 0 saturated carbocycles. The molecule has 0 heterocycles. The molecule has 2 amide bonds. The molecule has 1 aromatic rings. The maximum absolute atomic E-state index is 10.4. The fourth-order valence-electron chi connectivity index (χ4n) is 1.72. The van der Waals surface area contributed by atoms with Crippen molar-refractivity contribution >= 4 is 12.2 Å². The molecule has 20 heavy (non-hydrogen) atoms. The second-order valence-corrected chi connectivity index (χ2v) is 4.57. The molecule has 0 unspecified atom stereocenters. The molecule has 0 saturated heterocycles. The standard InChI is InChI=1S/C15H23N3O2/c1-2-3-4-5-6-11-20-14-9-7-13(8-10-14)12-17-18-15(16)19/h7-10,12H,2-6,11H2,1H3,(H3,16,18,19)/b17-12+. The third-order valence-corrected chi connectivity index (χ3v) is 2.79. The maximum Gasteiger partial charge on any atom is 0.332 e. The molecule has 1 rings (SSSR count). The summed E-state index contributed by atoms with van der Waals surface area (Å²) in [6, 6.07) is 6.84. The molecule has 5 heteroatoms. The Labute approximate surface area is 120 Å². The molecule has 0 aliphatic carbocycles. The number of urea groups is 1. The van der Waals surface area contributed by atoms with Crippen LogP contribution in [0, 0.1) is 0 Å². The molecule has 0 atom stereocenters. The predicted molar refractivity (Wildman–Crippen MR) is 81.0 cm³/mol. The number of ether oxygens (including phenoxy) is 1. The van der Waals surface area contributed by atoms with E-state index < -0.39 is 6.03 Å². The van der Waals surface area contributed by atoms with E-state index in [0.717, 1.165) is 24.3 Å². The van der Waals surface area contributed by atoms with E-state index in [4.69, 9.17) is 10.5 Å². The molecule has 0 aliphatic rings. The lowest BCUT2D eigenvalue weighted by Gasteiger charge is -2.06. The summed E-state index contributed by atoms with van der Waals surface area (Å²) in [5.74, 6) is 0.848. The van der Waals surface area contributed by atoms with Gasteiger partial charge in [0.1, 0.15) is 5.75 Å². The molecule has 0 bridgehead atoms. The third kappa shape index (κ3) is 7.41. The first-order chi connectivity index (χ1) is 9.72. The molecule has 0 aliphatic heterocycles. The molecular weight excluding hydrogens is 254 g/mol. The number of nitrogens with one attached hydrogen (secondary N) is 1. The largest absolute Gasteiger partial charge is 0.494 e. The highest BCUT2D eigenvalue weighted by molar-refractivity contribution is 5.81. The van der Waals surface area contributed by atoms with E-state index in [2.05, 4.69) is 17.5 Å². The van der Waals surface area contributed by atoms with E-state index in [1.165, 1.54) is 31.9 Å². The van der Waals surface area contributed by atoms with Crippen LogP contribution in [0.15, 0.2) is 29.4 Å². The van der Waals surface area contributed by atoms with Crippen molar-refractivity contribution in [1.82, 2.24) is 5.43 Å². The number of rotatable bonds is 9. The van der Waals surface area contributed by atoms with Crippen molar-refractivity contribution in [1.29, 1.82) is 0 Å². The monoisotopic (exact) mass is 277 g/mol. The number of hydrogen-bond donors (Lipinski definition) is 2. The summed E-state index contributed by atoms with van der Waals surface area (Å²) in [7, 11) is 0. The van der Waals surface area contributed by atoms with Crippen molar-refractivity contribution in [3.63, 3.8) is 0 Å². The van der Waals surface area contributed by atoms with Crippen LogP contribution in [-0.2, 0) is 0 Å². The van der Waals surface area contributed by atoms with E-state index >= 15 is 0 Å². The topological polar surface area (TPSA) is 76.7 Å². The SMILES string of the molecule is CCCCCCCOc1ccc(/C=N/NC(N)=O)cc1. The molecule has 0 fully saturated rings. The van der Waals surface area contributed by atoms with Gasteiger partial charge >= 0.3 is 6.03 Å². The molecule has 3 N–H and O–H groups in total. The van der Waals surface area contributed by atoms with E-state index in [1.54, 1.807) is 0 Å². The average Bonchev–Trinajstić information content (AvgIpc) is 2.44.